The zero-order chi connectivity index (χ0) is 13.0. The summed E-state index contributed by atoms with van der Waals surface area (Å²) in [5.74, 6) is -2.38. The van der Waals surface area contributed by atoms with Gasteiger partial charge in [-0.15, -0.1) is 0 Å². The average Bonchev–Trinajstić information content (AvgIpc) is 2.27. The first-order valence-corrected chi connectivity index (χ1v) is 5.15. The molecule has 0 aliphatic heterocycles. The summed E-state index contributed by atoms with van der Waals surface area (Å²) in [4.78, 5) is 24.7. The highest BCUT2D eigenvalue weighted by molar-refractivity contribution is 6.41. The number of ketones is 1. The predicted octanol–water partition coefficient (Wildman–Crippen LogP) is 1.64. The van der Waals surface area contributed by atoms with Crippen LogP contribution in [0.15, 0.2) is 18.2 Å². The van der Waals surface area contributed by atoms with Gasteiger partial charge in [-0.2, -0.15) is 0 Å². The molecule has 0 heterocycles. The monoisotopic (exact) mass is 239 g/mol. The number of esters is 1. The van der Waals surface area contributed by atoms with E-state index in [1.807, 2.05) is 0 Å². The van der Waals surface area contributed by atoms with E-state index in [2.05, 4.69) is 4.74 Å². The molecule has 0 radical (unpaired) electrons. The summed E-state index contributed by atoms with van der Waals surface area (Å²) < 4.78 is 17.7. The zero-order valence-corrected chi connectivity index (χ0v) is 9.99. The smallest absolute Gasteiger partial charge is 0.379 e. The van der Waals surface area contributed by atoms with E-state index in [-0.39, 0.29) is 12.2 Å². The molecule has 0 saturated heterocycles. The van der Waals surface area contributed by atoms with Gasteiger partial charge in [-0.25, -0.2) is 9.18 Å². The molecule has 0 fully saturated rings. The fraction of sp³-hybridized carbons (Fsp3) is 0.333. The van der Waals surface area contributed by atoms with E-state index in [4.69, 9.17) is 0 Å². The van der Waals surface area contributed by atoms with Gasteiger partial charge in [-0.05, 0) is 25.1 Å². The number of hydrogen-bond donors (Lipinski definition) is 0. The molecule has 1 rings (SSSR count). The van der Waals surface area contributed by atoms with Crippen molar-refractivity contribution in [2.75, 3.05) is 25.6 Å². The number of nitrogens with zero attached hydrogens (tertiary/aromatic N) is 1. The van der Waals surface area contributed by atoms with Crippen molar-refractivity contribution in [3.63, 3.8) is 0 Å². The van der Waals surface area contributed by atoms with E-state index in [9.17, 15) is 14.0 Å². The highest BCUT2D eigenvalue weighted by Crippen LogP contribution is 2.20. The van der Waals surface area contributed by atoms with Crippen LogP contribution in [0.25, 0.3) is 0 Å². The van der Waals surface area contributed by atoms with Gasteiger partial charge < -0.3 is 9.64 Å². The molecule has 0 N–H and O–H groups in total. The fourth-order valence-corrected chi connectivity index (χ4v) is 1.39. The van der Waals surface area contributed by atoms with Gasteiger partial charge >= 0.3 is 5.97 Å². The third kappa shape index (κ3) is 3.03. The third-order valence-electron chi connectivity index (χ3n) is 2.15. The van der Waals surface area contributed by atoms with Crippen LogP contribution in [0.5, 0.6) is 0 Å². The van der Waals surface area contributed by atoms with E-state index < -0.39 is 17.6 Å². The Morgan fingerprint density at radius 1 is 1.35 bits per heavy atom. The van der Waals surface area contributed by atoms with E-state index in [1.54, 1.807) is 25.9 Å². The summed E-state index contributed by atoms with van der Waals surface area (Å²) in [5, 5.41) is 0. The summed E-state index contributed by atoms with van der Waals surface area (Å²) in [5.41, 5.74) is 0.484. The number of Topliss-reactive ketones (excluding diaryl/α,β-unsaturated/α-hetero) is 1. The van der Waals surface area contributed by atoms with Crippen LogP contribution in [0, 0.1) is 5.82 Å². The average molecular weight is 239 g/mol. The number of carbonyl (C=O) groups is 2. The molecule has 0 saturated carbocycles. The van der Waals surface area contributed by atoms with Crippen LogP contribution in [0.4, 0.5) is 10.1 Å². The first kappa shape index (κ1) is 13.2. The molecule has 0 aromatic heterocycles. The lowest BCUT2D eigenvalue weighted by molar-refractivity contribution is -0.137. The first-order chi connectivity index (χ1) is 7.97. The summed E-state index contributed by atoms with van der Waals surface area (Å²) in [7, 11) is 3.41. The van der Waals surface area contributed by atoms with Crippen molar-refractivity contribution in [2.24, 2.45) is 0 Å². The Morgan fingerprint density at radius 3 is 2.53 bits per heavy atom. The maximum Gasteiger partial charge on any atom is 0.379 e. The van der Waals surface area contributed by atoms with Crippen LogP contribution in [0.3, 0.4) is 0 Å². The number of rotatable bonds is 4. The van der Waals surface area contributed by atoms with Crippen LogP contribution >= 0.6 is 0 Å². The van der Waals surface area contributed by atoms with Crippen molar-refractivity contribution in [1.29, 1.82) is 0 Å². The Morgan fingerprint density at radius 2 is 2.00 bits per heavy atom. The van der Waals surface area contributed by atoms with Crippen LogP contribution < -0.4 is 4.90 Å². The Hall–Kier alpha value is -1.91. The second kappa shape index (κ2) is 5.43. The van der Waals surface area contributed by atoms with Crippen molar-refractivity contribution in [3.05, 3.63) is 29.6 Å². The normalized spacial score (nSPS) is 9.88. The van der Waals surface area contributed by atoms with Gasteiger partial charge in [-0.3, -0.25) is 4.79 Å². The van der Waals surface area contributed by atoms with E-state index in [1.165, 1.54) is 12.1 Å². The predicted molar refractivity (Wildman–Crippen MR) is 61.7 cm³/mol. The van der Waals surface area contributed by atoms with E-state index >= 15 is 0 Å². The summed E-state index contributed by atoms with van der Waals surface area (Å²) in [6, 6.07) is 3.72. The van der Waals surface area contributed by atoms with Gasteiger partial charge in [0.05, 0.1) is 12.2 Å². The molecule has 0 atom stereocenters. The minimum atomic E-state index is -0.971. The summed E-state index contributed by atoms with van der Waals surface area (Å²) >= 11 is 0. The lowest BCUT2D eigenvalue weighted by atomic mass is 10.1. The Kier molecular flexibility index (Phi) is 4.20. The van der Waals surface area contributed by atoms with Crippen LogP contribution in [0.2, 0.25) is 0 Å². The molecule has 92 valence electrons. The lowest BCUT2D eigenvalue weighted by Gasteiger charge is -2.16. The maximum absolute atomic E-state index is 13.1. The fourth-order valence-electron chi connectivity index (χ4n) is 1.39. The quantitative estimate of drug-likeness (QED) is 0.455. The van der Waals surface area contributed by atoms with Crippen LogP contribution in [0.1, 0.15) is 17.3 Å². The third-order valence-corrected chi connectivity index (χ3v) is 2.15. The van der Waals surface area contributed by atoms with Crippen LogP contribution in [-0.4, -0.2) is 32.5 Å². The van der Waals surface area contributed by atoms with Crippen LogP contribution in [-0.2, 0) is 9.53 Å². The second-order valence-electron chi connectivity index (χ2n) is 3.61. The van der Waals surface area contributed by atoms with Gasteiger partial charge in [0, 0.05) is 19.8 Å². The topological polar surface area (TPSA) is 46.6 Å². The van der Waals surface area contributed by atoms with E-state index in [0.717, 1.165) is 6.07 Å². The number of benzene rings is 1. The van der Waals surface area contributed by atoms with Crippen molar-refractivity contribution in [1.82, 2.24) is 0 Å². The molecule has 4 nitrogen and oxygen atoms in total. The Balaban J connectivity index is 3.15. The first-order valence-electron chi connectivity index (χ1n) is 5.15. The molecule has 0 amide bonds. The Labute approximate surface area is 99.0 Å². The van der Waals surface area contributed by atoms with Crippen molar-refractivity contribution in [3.8, 4) is 0 Å². The molecular formula is C12H14FNO3. The van der Waals surface area contributed by atoms with Gasteiger partial charge in [0.2, 0.25) is 0 Å². The molecule has 1 aromatic carbocycles. The highest BCUT2D eigenvalue weighted by atomic mass is 19.1. The van der Waals surface area contributed by atoms with E-state index in [0.29, 0.717) is 5.69 Å². The molecule has 0 spiro atoms. The second-order valence-corrected chi connectivity index (χ2v) is 3.61. The number of anilines is 1. The molecule has 5 heteroatoms. The van der Waals surface area contributed by atoms with Crippen molar-refractivity contribution in [2.45, 2.75) is 6.92 Å². The lowest BCUT2D eigenvalue weighted by Crippen LogP contribution is -2.21. The summed E-state index contributed by atoms with van der Waals surface area (Å²) in [6.07, 6.45) is 0. The van der Waals surface area contributed by atoms with Crippen molar-refractivity contribution < 1.29 is 18.7 Å². The molecular weight excluding hydrogens is 225 g/mol. The molecule has 0 aliphatic carbocycles. The molecule has 0 bridgehead atoms. The minimum absolute atomic E-state index is 0.00782. The summed E-state index contributed by atoms with van der Waals surface area (Å²) in [6.45, 7) is 1.71. The molecule has 17 heavy (non-hydrogen) atoms. The maximum atomic E-state index is 13.1. The largest absolute Gasteiger partial charge is 0.460 e. The number of halogens is 1. The SMILES string of the molecule is CCOC(=O)C(=O)c1cc(F)ccc1N(C)C. The van der Waals surface area contributed by atoms with Crippen molar-refractivity contribution >= 4 is 17.4 Å². The molecule has 1 aromatic rings. The highest BCUT2D eigenvalue weighted by Gasteiger charge is 2.22. The van der Waals surface area contributed by atoms with Gasteiger partial charge in [0.15, 0.2) is 0 Å². The minimum Gasteiger partial charge on any atom is -0.460 e. The van der Waals surface area contributed by atoms with Gasteiger partial charge in [-0.1, -0.05) is 0 Å². The molecule has 0 aliphatic rings. The number of carbonyl (C=O) groups excluding carboxylic acids is 2. The number of ether oxygens (including phenoxy) is 1. The molecule has 0 unspecified atom stereocenters. The van der Waals surface area contributed by atoms with Gasteiger partial charge in [0.25, 0.3) is 5.78 Å². The zero-order valence-electron chi connectivity index (χ0n) is 9.99. The standard InChI is InChI=1S/C12H14FNO3/c1-4-17-12(16)11(15)9-7-8(13)5-6-10(9)14(2)3/h5-7H,4H2,1-3H3. The van der Waals surface area contributed by atoms with Gasteiger partial charge in [0.1, 0.15) is 5.82 Å². The number of hydrogen-bond acceptors (Lipinski definition) is 4. The Bertz CT molecular complexity index is 443.